The first-order chi connectivity index (χ1) is 12.5. The number of imidazole rings is 1. The molecule has 0 aromatic carbocycles. The first-order valence-corrected chi connectivity index (χ1v) is 8.80. The van der Waals surface area contributed by atoms with Gasteiger partial charge in [0.1, 0.15) is 11.6 Å². The van der Waals surface area contributed by atoms with E-state index in [9.17, 15) is 9.59 Å². The summed E-state index contributed by atoms with van der Waals surface area (Å²) in [6.07, 6.45) is 5.12. The van der Waals surface area contributed by atoms with E-state index in [0.29, 0.717) is 17.1 Å². The zero-order valence-corrected chi connectivity index (χ0v) is 15.3. The van der Waals surface area contributed by atoms with Crippen LogP contribution in [0.2, 0.25) is 0 Å². The van der Waals surface area contributed by atoms with Gasteiger partial charge in [0.15, 0.2) is 5.65 Å². The fourth-order valence-corrected chi connectivity index (χ4v) is 3.12. The number of esters is 1. The van der Waals surface area contributed by atoms with Gasteiger partial charge in [-0.2, -0.15) is 0 Å². The second-order valence-electron chi connectivity index (χ2n) is 6.78. The van der Waals surface area contributed by atoms with Crippen LogP contribution in [-0.2, 0) is 14.3 Å². The van der Waals surface area contributed by atoms with E-state index in [-0.39, 0.29) is 11.8 Å². The van der Waals surface area contributed by atoms with Crippen molar-refractivity contribution < 1.29 is 19.1 Å². The lowest BCUT2D eigenvalue weighted by Crippen LogP contribution is -2.45. The summed E-state index contributed by atoms with van der Waals surface area (Å²) in [7, 11) is 1.31. The lowest BCUT2D eigenvalue weighted by Gasteiger charge is -2.23. The molecule has 1 N–H and O–H groups in total. The summed E-state index contributed by atoms with van der Waals surface area (Å²) in [5.41, 5.74) is 1.77. The maximum absolute atomic E-state index is 12.5. The molecule has 0 bridgehead atoms. The van der Waals surface area contributed by atoms with Gasteiger partial charge in [0, 0.05) is 25.5 Å². The molecule has 3 rings (SSSR count). The zero-order valence-electron chi connectivity index (χ0n) is 15.3. The summed E-state index contributed by atoms with van der Waals surface area (Å²) in [4.78, 5) is 33.2. The van der Waals surface area contributed by atoms with Crippen molar-refractivity contribution in [2.45, 2.75) is 38.8 Å². The molecule has 0 radical (unpaired) electrons. The van der Waals surface area contributed by atoms with E-state index < -0.39 is 12.0 Å². The van der Waals surface area contributed by atoms with Crippen molar-refractivity contribution in [3.8, 4) is 0 Å². The third-order valence-electron chi connectivity index (χ3n) is 4.67. The van der Waals surface area contributed by atoms with Gasteiger partial charge < -0.3 is 19.4 Å². The van der Waals surface area contributed by atoms with Crippen LogP contribution >= 0.6 is 0 Å². The fourth-order valence-electron chi connectivity index (χ4n) is 3.12. The highest BCUT2D eigenvalue weighted by atomic mass is 16.5. The minimum Gasteiger partial charge on any atom is -0.467 e. The number of carbonyl (C=O) groups is 2. The van der Waals surface area contributed by atoms with Gasteiger partial charge in [-0.05, 0) is 24.8 Å². The standard InChI is InChI=1S/C18H24N4O4/c1-11(2)15(18(24)25-3)21-17(23)12-8-14-16(19-9-12)22(10-20-14)13-4-6-26-7-5-13/h8-11,13,15H,4-7H2,1-3H3,(H,21,23)/t15-/m0/s1. The van der Waals surface area contributed by atoms with Gasteiger partial charge in [0.25, 0.3) is 5.91 Å². The SMILES string of the molecule is COC(=O)[C@@H](NC(=O)c1cnc2c(c1)ncn2C1CCOCC1)C(C)C. The largest absolute Gasteiger partial charge is 0.467 e. The van der Waals surface area contributed by atoms with Crippen LogP contribution in [-0.4, -0.2) is 52.8 Å². The fraction of sp³-hybridized carbons (Fsp3) is 0.556. The van der Waals surface area contributed by atoms with Crippen molar-refractivity contribution in [2.75, 3.05) is 20.3 Å². The number of ether oxygens (including phenoxy) is 2. The minimum atomic E-state index is -0.706. The van der Waals surface area contributed by atoms with E-state index in [1.165, 1.54) is 13.3 Å². The predicted molar refractivity (Wildman–Crippen MR) is 94.7 cm³/mol. The van der Waals surface area contributed by atoms with Gasteiger partial charge >= 0.3 is 5.97 Å². The molecule has 2 aromatic heterocycles. The Labute approximate surface area is 151 Å². The highest BCUT2D eigenvalue weighted by Crippen LogP contribution is 2.24. The summed E-state index contributed by atoms with van der Waals surface area (Å²) in [6.45, 7) is 5.15. The monoisotopic (exact) mass is 360 g/mol. The molecule has 8 heteroatoms. The van der Waals surface area contributed by atoms with Crippen molar-refractivity contribution >= 4 is 23.0 Å². The molecular weight excluding hydrogens is 336 g/mol. The van der Waals surface area contributed by atoms with Crippen molar-refractivity contribution in [3.05, 3.63) is 24.2 Å². The topological polar surface area (TPSA) is 95.3 Å². The van der Waals surface area contributed by atoms with Crippen LogP contribution in [0, 0.1) is 5.92 Å². The van der Waals surface area contributed by atoms with E-state index in [4.69, 9.17) is 9.47 Å². The average Bonchev–Trinajstić information content (AvgIpc) is 3.09. The number of fused-ring (bicyclic) bond motifs is 1. The van der Waals surface area contributed by atoms with Crippen LogP contribution in [0.4, 0.5) is 0 Å². The molecule has 0 unspecified atom stereocenters. The van der Waals surface area contributed by atoms with Gasteiger partial charge in [0.05, 0.1) is 19.0 Å². The molecule has 26 heavy (non-hydrogen) atoms. The van der Waals surface area contributed by atoms with Gasteiger partial charge in [0.2, 0.25) is 0 Å². The molecule has 0 spiro atoms. The Morgan fingerprint density at radius 3 is 2.69 bits per heavy atom. The number of amides is 1. The second kappa shape index (κ2) is 7.82. The van der Waals surface area contributed by atoms with Crippen LogP contribution in [0.25, 0.3) is 11.2 Å². The summed E-state index contributed by atoms with van der Waals surface area (Å²) in [6, 6.07) is 1.30. The van der Waals surface area contributed by atoms with Crippen molar-refractivity contribution in [3.63, 3.8) is 0 Å². The first kappa shape index (κ1) is 18.3. The van der Waals surface area contributed by atoms with Crippen LogP contribution in [0.3, 0.4) is 0 Å². The zero-order chi connectivity index (χ0) is 18.7. The second-order valence-corrected chi connectivity index (χ2v) is 6.78. The third kappa shape index (κ3) is 3.70. The Kier molecular flexibility index (Phi) is 5.51. The number of pyridine rings is 1. The lowest BCUT2D eigenvalue weighted by molar-refractivity contribution is -0.144. The molecule has 0 saturated carbocycles. The van der Waals surface area contributed by atoms with Crippen molar-refractivity contribution in [1.82, 2.24) is 19.9 Å². The smallest absolute Gasteiger partial charge is 0.328 e. The van der Waals surface area contributed by atoms with Gasteiger partial charge in [-0.3, -0.25) is 4.79 Å². The highest BCUT2D eigenvalue weighted by Gasteiger charge is 2.26. The molecule has 140 valence electrons. The number of carbonyl (C=O) groups excluding carboxylic acids is 2. The molecule has 1 amide bonds. The molecule has 1 saturated heterocycles. The van der Waals surface area contributed by atoms with Gasteiger partial charge in [-0.15, -0.1) is 0 Å². The maximum Gasteiger partial charge on any atom is 0.328 e. The maximum atomic E-state index is 12.5. The molecule has 2 aromatic rings. The molecule has 3 heterocycles. The quantitative estimate of drug-likeness (QED) is 0.816. The minimum absolute atomic E-state index is 0.0872. The number of hydrogen-bond acceptors (Lipinski definition) is 6. The number of nitrogens with zero attached hydrogens (tertiary/aromatic N) is 3. The van der Waals surface area contributed by atoms with Crippen LogP contribution in [0.15, 0.2) is 18.6 Å². The average molecular weight is 360 g/mol. The lowest BCUT2D eigenvalue weighted by atomic mass is 10.0. The third-order valence-corrected chi connectivity index (χ3v) is 4.67. The Morgan fingerprint density at radius 1 is 1.31 bits per heavy atom. The highest BCUT2D eigenvalue weighted by molar-refractivity contribution is 5.98. The van der Waals surface area contributed by atoms with Crippen LogP contribution in [0.5, 0.6) is 0 Å². The predicted octanol–water partition coefficient (Wildman–Crippen LogP) is 1.71. The first-order valence-electron chi connectivity index (χ1n) is 8.80. The Morgan fingerprint density at radius 2 is 2.04 bits per heavy atom. The molecule has 0 aliphatic carbocycles. The Hall–Kier alpha value is -2.48. The van der Waals surface area contributed by atoms with E-state index in [1.807, 2.05) is 18.4 Å². The summed E-state index contributed by atoms with van der Waals surface area (Å²) in [5, 5.41) is 2.71. The molecule has 1 aliphatic heterocycles. The molecule has 8 nitrogen and oxygen atoms in total. The van der Waals surface area contributed by atoms with Crippen LogP contribution < -0.4 is 5.32 Å². The number of methoxy groups -OCH3 is 1. The molecule has 1 fully saturated rings. The number of nitrogens with one attached hydrogen (secondary N) is 1. The van der Waals surface area contributed by atoms with E-state index >= 15 is 0 Å². The molecule has 1 atom stereocenters. The van der Waals surface area contributed by atoms with Gasteiger partial charge in [-0.25, -0.2) is 14.8 Å². The van der Waals surface area contributed by atoms with E-state index in [0.717, 1.165) is 31.7 Å². The Bertz CT molecular complexity index is 796. The summed E-state index contributed by atoms with van der Waals surface area (Å²) in [5.74, 6) is -0.925. The molecule has 1 aliphatic rings. The Balaban J connectivity index is 1.80. The summed E-state index contributed by atoms with van der Waals surface area (Å²) < 4.78 is 12.2. The number of hydrogen-bond donors (Lipinski definition) is 1. The summed E-state index contributed by atoms with van der Waals surface area (Å²) >= 11 is 0. The molecular formula is C18H24N4O4. The van der Waals surface area contributed by atoms with Crippen LogP contribution in [0.1, 0.15) is 43.1 Å². The number of rotatable bonds is 5. The van der Waals surface area contributed by atoms with Crippen molar-refractivity contribution in [1.29, 1.82) is 0 Å². The normalized spacial score (nSPS) is 16.6. The van der Waals surface area contributed by atoms with E-state index in [2.05, 4.69) is 15.3 Å². The van der Waals surface area contributed by atoms with Gasteiger partial charge in [-0.1, -0.05) is 13.8 Å². The number of aromatic nitrogens is 3. The van der Waals surface area contributed by atoms with E-state index in [1.54, 1.807) is 12.4 Å². The van der Waals surface area contributed by atoms with Crippen molar-refractivity contribution in [2.24, 2.45) is 5.92 Å².